The van der Waals surface area contributed by atoms with Crippen LogP contribution in [0.4, 0.5) is 4.39 Å². The number of hydrogen-bond acceptors (Lipinski definition) is 4. The number of carbonyl (C=O) groups is 1. The molecule has 29 heavy (non-hydrogen) atoms. The van der Waals surface area contributed by atoms with Gasteiger partial charge in [-0.3, -0.25) is 0 Å². The molecule has 1 aromatic heterocycles. The zero-order chi connectivity index (χ0) is 20.6. The Hall–Kier alpha value is -2.72. The number of ether oxygens (including phenoxy) is 1. The summed E-state index contributed by atoms with van der Waals surface area (Å²) in [5, 5.41) is 9.21. The van der Waals surface area contributed by atoms with Crippen LogP contribution >= 0.6 is 15.9 Å². The molecule has 0 amide bonds. The fraction of sp³-hybridized carbons (Fsp3) is 0.318. The number of halogens is 2. The van der Waals surface area contributed by atoms with E-state index in [1.165, 1.54) is 13.2 Å². The standard InChI is InChI=1S/C22H19BrFN3O2/c1-29-21(28)15-3-5-18-19(12-15)27(13-22(6-7-22)8-9-25)20(26-18)11-14-2-4-16(23)17(24)10-14/h2-5,10,12H,6-8,11,13H2,1H3. The molecule has 0 saturated heterocycles. The zero-order valence-electron chi connectivity index (χ0n) is 15.9. The fourth-order valence-electron chi connectivity index (χ4n) is 3.63. The number of aromatic nitrogens is 2. The van der Waals surface area contributed by atoms with Crippen LogP contribution in [0, 0.1) is 22.6 Å². The maximum absolute atomic E-state index is 14.0. The summed E-state index contributed by atoms with van der Waals surface area (Å²) >= 11 is 3.18. The first-order valence-electron chi connectivity index (χ1n) is 9.33. The molecule has 1 aliphatic carbocycles. The van der Waals surface area contributed by atoms with Crippen molar-refractivity contribution in [3.8, 4) is 6.07 Å². The summed E-state index contributed by atoms with van der Waals surface area (Å²) in [5.74, 6) is 0.0589. The van der Waals surface area contributed by atoms with Crippen molar-refractivity contribution in [2.75, 3.05) is 7.11 Å². The molecule has 148 valence electrons. The van der Waals surface area contributed by atoms with Crippen molar-refractivity contribution in [2.45, 2.75) is 32.2 Å². The molecule has 1 saturated carbocycles. The number of carbonyl (C=O) groups excluding carboxylic acids is 1. The van der Waals surface area contributed by atoms with Gasteiger partial charge in [-0.2, -0.15) is 5.26 Å². The third-order valence-electron chi connectivity index (χ3n) is 5.50. The van der Waals surface area contributed by atoms with Crippen LogP contribution in [0.2, 0.25) is 0 Å². The number of rotatable bonds is 6. The Morgan fingerprint density at radius 1 is 1.34 bits per heavy atom. The van der Waals surface area contributed by atoms with Crippen molar-refractivity contribution in [3.63, 3.8) is 0 Å². The molecule has 1 heterocycles. The number of benzene rings is 2. The second-order valence-electron chi connectivity index (χ2n) is 7.57. The van der Waals surface area contributed by atoms with Crippen LogP contribution in [-0.4, -0.2) is 22.6 Å². The Balaban J connectivity index is 1.79. The highest BCUT2D eigenvalue weighted by Gasteiger charge is 2.43. The van der Waals surface area contributed by atoms with Gasteiger partial charge in [-0.05, 0) is 64.7 Å². The van der Waals surface area contributed by atoms with E-state index in [0.717, 1.165) is 35.3 Å². The maximum atomic E-state index is 14.0. The Morgan fingerprint density at radius 3 is 2.79 bits per heavy atom. The summed E-state index contributed by atoms with van der Waals surface area (Å²) in [4.78, 5) is 16.7. The first kappa shape index (κ1) is 19.6. The van der Waals surface area contributed by atoms with Crippen molar-refractivity contribution < 1.29 is 13.9 Å². The van der Waals surface area contributed by atoms with Crippen LogP contribution in [0.1, 0.15) is 41.0 Å². The summed E-state index contributed by atoms with van der Waals surface area (Å²) < 4.78 is 21.3. The summed E-state index contributed by atoms with van der Waals surface area (Å²) in [6, 6.07) is 12.6. The molecular formula is C22H19BrFN3O2. The average molecular weight is 456 g/mol. The Morgan fingerprint density at radius 2 is 2.14 bits per heavy atom. The number of esters is 1. The third-order valence-corrected chi connectivity index (χ3v) is 6.14. The topological polar surface area (TPSA) is 67.9 Å². The number of nitriles is 1. The molecule has 0 bridgehead atoms. The van der Waals surface area contributed by atoms with Gasteiger partial charge in [0.2, 0.25) is 0 Å². The SMILES string of the molecule is COC(=O)c1ccc2nc(Cc3ccc(Br)c(F)c3)n(CC3(CC#N)CC3)c2c1. The van der Waals surface area contributed by atoms with Crippen LogP contribution in [0.5, 0.6) is 0 Å². The molecule has 1 fully saturated rings. The van der Waals surface area contributed by atoms with Gasteiger partial charge in [0.15, 0.2) is 0 Å². The lowest BCUT2D eigenvalue weighted by atomic mass is 10.0. The Kier molecular flexibility index (Phi) is 5.13. The number of imidazole rings is 1. The predicted molar refractivity (Wildman–Crippen MR) is 110 cm³/mol. The lowest BCUT2D eigenvalue weighted by Crippen LogP contribution is -2.14. The van der Waals surface area contributed by atoms with E-state index in [1.807, 2.05) is 6.07 Å². The molecule has 0 atom stereocenters. The Bertz CT molecular complexity index is 1140. The molecule has 0 spiro atoms. The molecule has 0 aliphatic heterocycles. The molecule has 3 aromatic rings. The Labute approximate surface area is 176 Å². The minimum absolute atomic E-state index is 0.0522. The monoisotopic (exact) mass is 455 g/mol. The molecule has 5 nitrogen and oxygen atoms in total. The van der Waals surface area contributed by atoms with Crippen LogP contribution < -0.4 is 0 Å². The second kappa shape index (κ2) is 7.60. The van der Waals surface area contributed by atoms with Gasteiger partial charge in [0.1, 0.15) is 11.6 Å². The highest BCUT2D eigenvalue weighted by Crippen LogP contribution is 2.50. The molecule has 0 N–H and O–H groups in total. The number of methoxy groups -OCH3 is 1. The largest absolute Gasteiger partial charge is 0.465 e. The van der Waals surface area contributed by atoms with E-state index in [0.29, 0.717) is 29.4 Å². The van der Waals surface area contributed by atoms with E-state index in [1.54, 1.807) is 24.3 Å². The summed E-state index contributed by atoms with van der Waals surface area (Å²) in [6.45, 7) is 0.649. The molecule has 0 radical (unpaired) electrons. The minimum Gasteiger partial charge on any atom is -0.465 e. The van der Waals surface area contributed by atoms with E-state index in [2.05, 4.69) is 26.6 Å². The second-order valence-corrected chi connectivity index (χ2v) is 8.42. The minimum atomic E-state index is -0.408. The molecular weight excluding hydrogens is 437 g/mol. The summed E-state index contributed by atoms with van der Waals surface area (Å²) in [6.07, 6.45) is 2.91. The van der Waals surface area contributed by atoms with Gasteiger partial charge in [0.25, 0.3) is 0 Å². The van der Waals surface area contributed by atoms with E-state index < -0.39 is 5.97 Å². The molecule has 0 unspecified atom stereocenters. The number of fused-ring (bicyclic) bond motifs is 1. The highest BCUT2D eigenvalue weighted by molar-refractivity contribution is 9.10. The van der Waals surface area contributed by atoms with E-state index >= 15 is 0 Å². The molecule has 2 aromatic carbocycles. The quantitative estimate of drug-likeness (QED) is 0.489. The van der Waals surface area contributed by atoms with Crippen molar-refractivity contribution in [1.82, 2.24) is 9.55 Å². The van der Waals surface area contributed by atoms with Gasteiger partial charge in [0, 0.05) is 24.8 Å². The molecule has 7 heteroatoms. The van der Waals surface area contributed by atoms with Crippen molar-refractivity contribution in [1.29, 1.82) is 5.26 Å². The molecule has 4 rings (SSSR count). The van der Waals surface area contributed by atoms with Gasteiger partial charge in [-0.25, -0.2) is 14.2 Å². The number of hydrogen-bond donors (Lipinski definition) is 0. The van der Waals surface area contributed by atoms with Crippen LogP contribution in [0.25, 0.3) is 11.0 Å². The summed E-state index contributed by atoms with van der Waals surface area (Å²) in [5.41, 5.74) is 2.79. The van der Waals surface area contributed by atoms with Crippen molar-refractivity contribution in [3.05, 3.63) is 63.6 Å². The van der Waals surface area contributed by atoms with Gasteiger partial charge < -0.3 is 9.30 Å². The smallest absolute Gasteiger partial charge is 0.337 e. The van der Waals surface area contributed by atoms with Crippen LogP contribution in [0.15, 0.2) is 40.9 Å². The first-order chi connectivity index (χ1) is 13.9. The van der Waals surface area contributed by atoms with Gasteiger partial charge >= 0.3 is 5.97 Å². The van der Waals surface area contributed by atoms with Gasteiger partial charge in [-0.1, -0.05) is 6.07 Å². The van der Waals surface area contributed by atoms with Gasteiger partial charge in [-0.15, -0.1) is 0 Å². The molecule has 1 aliphatic rings. The van der Waals surface area contributed by atoms with Crippen molar-refractivity contribution >= 4 is 32.9 Å². The fourth-order valence-corrected chi connectivity index (χ4v) is 3.88. The highest BCUT2D eigenvalue weighted by atomic mass is 79.9. The average Bonchev–Trinajstić information content (AvgIpc) is 3.39. The van der Waals surface area contributed by atoms with E-state index in [9.17, 15) is 14.4 Å². The maximum Gasteiger partial charge on any atom is 0.337 e. The summed E-state index contributed by atoms with van der Waals surface area (Å²) in [7, 11) is 1.35. The van der Waals surface area contributed by atoms with Crippen molar-refractivity contribution in [2.24, 2.45) is 5.41 Å². The lowest BCUT2D eigenvalue weighted by molar-refractivity contribution is 0.0601. The van der Waals surface area contributed by atoms with Crippen LogP contribution in [0.3, 0.4) is 0 Å². The normalized spacial score (nSPS) is 14.6. The predicted octanol–water partition coefficient (Wildman–Crippen LogP) is 5.01. The number of nitrogens with zero attached hydrogens (tertiary/aromatic N) is 3. The van der Waals surface area contributed by atoms with E-state index in [4.69, 9.17) is 9.72 Å². The van der Waals surface area contributed by atoms with Gasteiger partial charge in [0.05, 0.1) is 34.2 Å². The third kappa shape index (κ3) is 3.90. The van der Waals surface area contributed by atoms with Crippen LogP contribution in [-0.2, 0) is 17.7 Å². The van der Waals surface area contributed by atoms with E-state index in [-0.39, 0.29) is 11.2 Å². The lowest BCUT2D eigenvalue weighted by Gasteiger charge is -2.16. The zero-order valence-corrected chi connectivity index (χ0v) is 17.5. The first-order valence-corrected chi connectivity index (χ1v) is 10.1.